The van der Waals surface area contributed by atoms with Gasteiger partial charge in [-0.3, -0.25) is 9.59 Å². The summed E-state index contributed by atoms with van der Waals surface area (Å²) in [5.41, 5.74) is -1.20. The van der Waals surface area contributed by atoms with Gasteiger partial charge in [0, 0.05) is 23.8 Å². The van der Waals surface area contributed by atoms with Crippen LogP contribution in [0.2, 0.25) is 0 Å². The van der Waals surface area contributed by atoms with Crippen molar-refractivity contribution >= 4 is 23.6 Å². The van der Waals surface area contributed by atoms with Crippen LogP contribution in [0.25, 0.3) is 0 Å². The van der Waals surface area contributed by atoms with Crippen molar-refractivity contribution in [2.45, 2.75) is 62.6 Å². The second kappa shape index (κ2) is 6.16. The SMILES string of the molecule is O=C(NC1CC1)[C@@H]1CCC[C@H](NC(=O)[C@]2(O)CCSC2)C1. The van der Waals surface area contributed by atoms with Gasteiger partial charge in [-0.25, -0.2) is 0 Å². The summed E-state index contributed by atoms with van der Waals surface area (Å²) in [5.74, 6) is 1.22. The predicted octanol–water partition coefficient (Wildman–Crippen LogP) is 0.808. The van der Waals surface area contributed by atoms with Crippen LogP contribution in [0, 0.1) is 5.92 Å². The van der Waals surface area contributed by atoms with Gasteiger partial charge >= 0.3 is 0 Å². The Bertz CT molecular complexity index is 419. The third-order valence-corrected chi connectivity index (χ3v) is 5.90. The number of thioether (sulfide) groups is 1. The molecule has 0 aromatic rings. The predicted molar refractivity (Wildman–Crippen MR) is 81.9 cm³/mol. The van der Waals surface area contributed by atoms with Crippen LogP contribution in [0.15, 0.2) is 0 Å². The van der Waals surface area contributed by atoms with Gasteiger partial charge in [0.1, 0.15) is 0 Å². The van der Waals surface area contributed by atoms with Gasteiger partial charge in [-0.15, -0.1) is 0 Å². The van der Waals surface area contributed by atoms with Crippen molar-refractivity contribution in [1.29, 1.82) is 0 Å². The van der Waals surface area contributed by atoms with E-state index < -0.39 is 5.60 Å². The quantitative estimate of drug-likeness (QED) is 0.718. The maximum absolute atomic E-state index is 12.2. The van der Waals surface area contributed by atoms with Crippen molar-refractivity contribution in [3.63, 3.8) is 0 Å². The molecule has 1 aliphatic heterocycles. The third-order valence-electron chi connectivity index (χ3n) is 4.73. The number of nitrogens with one attached hydrogen (secondary N) is 2. The lowest BCUT2D eigenvalue weighted by Crippen LogP contribution is -2.52. The number of hydrogen-bond donors (Lipinski definition) is 3. The number of amides is 2. The molecule has 2 saturated carbocycles. The molecule has 3 fully saturated rings. The molecule has 0 radical (unpaired) electrons. The second-order valence-corrected chi connectivity index (χ2v) is 7.76. The number of aliphatic hydroxyl groups is 1. The summed E-state index contributed by atoms with van der Waals surface area (Å²) >= 11 is 1.62. The molecular weight excluding hydrogens is 288 g/mol. The van der Waals surface area contributed by atoms with Crippen molar-refractivity contribution in [1.82, 2.24) is 10.6 Å². The molecule has 1 saturated heterocycles. The van der Waals surface area contributed by atoms with Crippen LogP contribution in [-0.2, 0) is 9.59 Å². The van der Waals surface area contributed by atoms with Crippen LogP contribution in [0.3, 0.4) is 0 Å². The van der Waals surface area contributed by atoms with Gasteiger partial charge in [0.25, 0.3) is 5.91 Å². The fraction of sp³-hybridized carbons (Fsp3) is 0.867. The van der Waals surface area contributed by atoms with E-state index >= 15 is 0 Å². The summed E-state index contributed by atoms with van der Waals surface area (Å²) in [6, 6.07) is 0.416. The second-order valence-electron chi connectivity index (χ2n) is 6.65. The highest BCUT2D eigenvalue weighted by Gasteiger charge is 2.41. The number of hydrogen-bond acceptors (Lipinski definition) is 4. The van der Waals surface area contributed by atoms with E-state index in [1.165, 1.54) is 0 Å². The zero-order valence-corrected chi connectivity index (χ0v) is 13.1. The highest BCUT2D eigenvalue weighted by molar-refractivity contribution is 7.99. The molecule has 118 valence electrons. The first-order chi connectivity index (χ1) is 10.1. The first kappa shape index (κ1) is 15.2. The van der Waals surface area contributed by atoms with Crippen molar-refractivity contribution in [2.75, 3.05) is 11.5 Å². The minimum atomic E-state index is -1.20. The van der Waals surface area contributed by atoms with Crippen molar-refractivity contribution < 1.29 is 14.7 Å². The monoisotopic (exact) mass is 312 g/mol. The molecule has 2 amide bonds. The fourth-order valence-electron chi connectivity index (χ4n) is 3.16. The van der Waals surface area contributed by atoms with Gasteiger partial charge in [-0.1, -0.05) is 6.42 Å². The van der Waals surface area contributed by atoms with E-state index in [1.54, 1.807) is 11.8 Å². The average molecular weight is 312 g/mol. The molecule has 3 atom stereocenters. The normalized spacial score (nSPS) is 36.2. The zero-order valence-electron chi connectivity index (χ0n) is 12.3. The van der Waals surface area contributed by atoms with Gasteiger partial charge in [-0.05, 0) is 44.3 Å². The summed E-state index contributed by atoms with van der Waals surface area (Å²) in [4.78, 5) is 24.3. The highest BCUT2D eigenvalue weighted by Crippen LogP contribution is 2.30. The van der Waals surface area contributed by atoms with E-state index in [-0.39, 0.29) is 23.8 Å². The van der Waals surface area contributed by atoms with E-state index in [0.717, 1.165) is 37.9 Å². The van der Waals surface area contributed by atoms with Crippen molar-refractivity contribution in [3.8, 4) is 0 Å². The van der Waals surface area contributed by atoms with Crippen LogP contribution in [-0.4, -0.2) is 46.1 Å². The molecule has 1 heterocycles. The lowest BCUT2D eigenvalue weighted by molar-refractivity contribution is -0.139. The van der Waals surface area contributed by atoms with Gasteiger partial charge in [0.15, 0.2) is 5.60 Å². The van der Waals surface area contributed by atoms with Gasteiger partial charge in [0.2, 0.25) is 5.91 Å². The topological polar surface area (TPSA) is 78.4 Å². The molecule has 0 spiro atoms. The number of carbonyl (C=O) groups is 2. The summed E-state index contributed by atoms with van der Waals surface area (Å²) in [5, 5.41) is 16.3. The third kappa shape index (κ3) is 3.72. The van der Waals surface area contributed by atoms with Crippen LogP contribution < -0.4 is 10.6 Å². The average Bonchev–Trinajstić information content (AvgIpc) is 3.17. The van der Waals surface area contributed by atoms with E-state index in [9.17, 15) is 14.7 Å². The molecule has 0 bridgehead atoms. The van der Waals surface area contributed by atoms with E-state index in [4.69, 9.17) is 0 Å². The summed E-state index contributed by atoms with van der Waals surface area (Å²) in [7, 11) is 0. The van der Waals surface area contributed by atoms with Crippen molar-refractivity contribution in [3.05, 3.63) is 0 Å². The maximum Gasteiger partial charge on any atom is 0.253 e. The highest BCUT2D eigenvalue weighted by atomic mass is 32.2. The molecular formula is C15H24N2O3S. The van der Waals surface area contributed by atoms with E-state index in [0.29, 0.717) is 24.6 Å². The smallest absolute Gasteiger partial charge is 0.253 e. The first-order valence-corrected chi connectivity index (χ1v) is 9.14. The Kier molecular flexibility index (Phi) is 4.45. The first-order valence-electron chi connectivity index (χ1n) is 7.98. The molecule has 3 N–H and O–H groups in total. The molecule has 3 aliphatic rings. The van der Waals surface area contributed by atoms with Crippen LogP contribution in [0.5, 0.6) is 0 Å². The largest absolute Gasteiger partial charge is 0.379 e. The Morgan fingerprint density at radius 2 is 1.90 bits per heavy atom. The Balaban J connectivity index is 1.50. The standard InChI is InChI=1S/C15H24N2O3S/c18-13(16-11-4-5-11)10-2-1-3-12(8-10)17-14(19)15(20)6-7-21-9-15/h10-12,20H,1-9H2,(H,16,18)(H,17,19)/t10-,12+,15+/m1/s1. The Morgan fingerprint density at radius 1 is 1.10 bits per heavy atom. The van der Waals surface area contributed by atoms with Crippen molar-refractivity contribution in [2.24, 2.45) is 5.92 Å². The minimum absolute atomic E-state index is 0.0113. The molecule has 3 rings (SSSR count). The van der Waals surface area contributed by atoms with Gasteiger partial charge < -0.3 is 15.7 Å². The van der Waals surface area contributed by atoms with Crippen LogP contribution in [0.4, 0.5) is 0 Å². The Morgan fingerprint density at radius 3 is 2.57 bits per heavy atom. The fourth-order valence-corrected chi connectivity index (χ4v) is 4.40. The number of carbonyl (C=O) groups excluding carboxylic acids is 2. The molecule has 2 aliphatic carbocycles. The Labute approximate surface area is 129 Å². The molecule has 5 nitrogen and oxygen atoms in total. The van der Waals surface area contributed by atoms with Crippen LogP contribution >= 0.6 is 11.8 Å². The lowest BCUT2D eigenvalue weighted by Gasteiger charge is -2.31. The number of rotatable bonds is 4. The molecule has 0 unspecified atom stereocenters. The Hall–Kier alpha value is -0.750. The minimum Gasteiger partial charge on any atom is -0.379 e. The van der Waals surface area contributed by atoms with Gasteiger partial charge in [-0.2, -0.15) is 11.8 Å². The summed E-state index contributed by atoms with van der Waals surface area (Å²) in [6.07, 6.45) is 6.20. The van der Waals surface area contributed by atoms with E-state index in [2.05, 4.69) is 10.6 Å². The molecule has 0 aromatic heterocycles. The van der Waals surface area contributed by atoms with E-state index in [1.807, 2.05) is 0 Å². The zero-order chi connectivity index (χ0) is 14.9. The summed E-state index contributed by atoms with van der Waals surface area (Å²) < 4.78 is 0. The maximum atomic E-state index is 12.2. The molecule has 21 heavy (non-hydrogen) atoms. The summed E-state index contributed by atoms with van der Waals surface area (Å²) in [6.45, 7) is 0. The molecule has 6 heteroatoms. The van der Waals surface area contributed by atoms with Gasteiger partial charge in [0.05, 0.1) is 0 Å². The lowest BCUT2D eigenvalue weighted by atomic mass is 9.84. The van der Waals surface area contributed by atoms with Crippen LogP contribution in [0.1, 0.15) is 44.9 Å². The molecule has 0 aromatic carbocycles.